The molecule has 160 valence electrons. The van der Waals surface area contributed by atoms with E-state index in [1.165, 1.54) is 5.56 Å². The second-order valence-electron chi connectivity index (χ2n) is 7.78. The van der Waals surface area contributed by atoms with E-state index in [1.807, 2.05) is 53.4 Å². The van der Waals surface area contributed by atoms with Crippen molar-refractivity contribution in [3.8, 4) is 11.5 Å². The van der Waals surface area contributed by atoms with Crippen molar-refractivity contribution in [3.05, 3.63) is 89.5 Å². The first-order chi connectivity index (χ1) is 15.1. The van der Waals surface area contributed by atoms with E-state index in [0.717, 1.165) is 30.1 Å². The van der Waals surface area contributed by atoms with Gasteiger partial charge in [-0.05, 0) is 55.0 Å². The largest absolute Gasteiger partial charge is 0.497 e. The van der Waals surface area contributed by atoms with E-state index in [2.05, 4.69) is 36.1 Å². The average molecular weight is 417 g/mol. The number of anilines is 1. The summed E-state index contributed by atoms with van der Waals surface area (Å²) in [7, 11) is 1.67. The maximum atomic E-state index is 13.0. The molecule has 1 amide bonds. The van der Waals surface area contributed by atoms with Crippen LogP contribution in [0.1, 0.15) is 21.5 Å². The molecular weight excluding hydrogens is 388 g/mol. The van der Waals surface area contributed by atoms with Gasteiger partial charge >= 0.3 is 0 Å². The van der Waals surface area contributed by atoms with E-state index in [9.17, 15) is 4.79 Å². The second kappa shape index (κ2) is 9.56. The lowest BCUT2D eigenvalue weighted by molar-refractivity contribution is 0.0746. The molecule has 1 aliphatic heterocycles. The van der Waals surface area contributed by atoms with Crippen molar-refractivity contribution in [3.63, 3.8) is 0 Å². The molecule has 0 aliphatic carbocycles. The van der Waals surface area contributed by atoms with Gasteiger partial charge < -0.3 is 19.3 Å². The molecule has 5 heteroatoms. The Balaban J connectivity index is 1.34. The van der Waals surface area contributed by atoms with Crippen LogP contribution in [0.2, 0.25) is 0 Å². The van der Waals surface area contributed by atoms with Crippen LogP contribution in [0.25, 0.3) is 0 Å². The molecule has 4 rings (SSSR count). The molecule has 3 aromatic carbocycles. The highest BCUT2D eigenvalue weighted by Crippen LogP contribution is 2.22. The number of nitrogens with zero attached hydrogens (tertiary/aromatic N) is 2. The zero-order chi connectivity index (χ0) is 21.6. The third kappa shape index (κ3) is 5.18. The fourth-order valence-electron chi connectivity index (χ4n) is 3.83. The van der Waals surface area contributed by atoms with Gasteiger partial charge in [0.05, 0.1) is 7.11 Å². The highest BCUT2D eigenvalue weighted by Gasteiger charge is 2.22. The van der Waals surface area contributed by atoms with Crippen molar-refractivity contribution in [2.75, 3.05) is 38.2 Å². The van der Waals surface area contributed by atoms with Crippen LogP contribution in [0, 0.1) is 6.92 Å². The van der Waals surface area contributed by atoms with Crippen molar-refractivity contribution in [2.45, 2.75) is 13.5 Å². The van der Waals surface area contributed by atoms with E-state index >= 15 is 0 Å². The van der Waals surface area contributed by atoms with Crippen LogP contribution in [-0.4, -0.2) is 44.1 Å². The summed E-state index contributed by atoms with van der Waals surface area (Å²) in [6.07, 6.45) is 0. The van der Waals surface area contributed by atoms with Gasteiger partial charge in [0.1, 0.15) is 18.1 Å². The predicted molar refractivity (Wildman–Crippen MR) is 123 cm³/mol. The maximum Gasteiger partial charge on any atom is 0.254 e. The fourth-order valence-corrected chi connectivity index (χ4v) is 3.83. The van der Waals surface area contributed by atoms with Gasteiger partial charge in [0.25, 0.3) is 5.91 Å². The summed E-state index contributed by atoms with van der Waals surface area (Å²) in [6.45, 7) is 5.55. The number of ether oxygens (including phenoxy) is 2. The first kappa shape index (κ1) is 20.8. The molecule has 1 saturated heterocycles. The van der Waals surface area contributed by atoms with Gasteiger partial charge in [-0.25, -0.2) is 0 Å². The van der Waals surface area contributed by atoms with Gasteiger partial charge in [-0.15, -0.1) is 0 Å². The lowest BCUT2D eigenvalue weighted by atomic mass is 10.1. The third-order valence-corrected chi connectivity index (χ3v) is 5.57. The normalized spacial score (nSPS) is 13.7. The summed E-state index contributed by atoms with van der Waals surface area (Å²) in [5.74, 6) is 1.61. The van der Waals surface area contributed by atoms with Crippen molar-refractivity contribution in [1.82, 2.24) is 4.90 Å². The van der Waals surface area contributed by atoms with Crippen LogP contribution in [0.5, 0.6) is 11.5 Å². The minimum Gasteiger partial charge on any atom is -0.497 e. The SMILES string of the molecule is COc1ccc(N2CCN(C(=O)c3cccc(OCc4cccc(C)c4)c3)CC2)cc1. The van der Waals surface area contributed by atoms with Gasteiger partial charge in [-0.1, -0.05) is 35.9 Å². The molecule has 1 aliphatic rings. The first-order valence-electron chi connectivity index (χ1n) is 10.6. The number of amides is 1. The number of aryl methyl sites for hydroxylation is 1. The monoisotopic (exact) mass is 416 g/mol. The number of hydrogen-bond acceptors (Lipinski definition) is 4. The lowest BCUT2D eigenvalue weighted by Gasteiger charge is -2.36. The van der Waals surface area contributed by atoms with E-state index in [0.29, 0.717) is 31.0 Å². The Morgan fingerprint density at radius 2 is 1.61 bits per heavy atom. The molecule has 5 nitrogen and oxygen atoms in total. The predicted octanol–water partition coefficient (Wildman–Crippen LogP) is 4.55. The summed E-state index contributed by atoms with van der Waals surface area (Å²) < 4.78 is 11.2. The minimum absolute atomic E-state index is 0.0513. The second-order valence-corrected chi connectivity index (χ2v) is 7.78. The Morgan fingerprint density at radius 1 is 0.871 bits per heavy atom. The zero-order valence-electron chi connectivity index (χ0n) is 18.1. The quantitative estimate of drug-likeness (QED) is 0.591. The van der Waals surface area contributed by atoms with Crippen molar-refractivity contribution >= 4 is 11.6 Å². The van der Waals surface area contributed by atoms with Gasteiger partial charge in [-0.2, -0.15) is 0 Å². The van der Waals surface area contributed by atoms with Crippen molar-refractivity contribution < 1.29 is 14.3 Å². The molecule has 1 fully saturated rings. The standard InChI is InChI=1S/C26H28N2O3/c1-20-5-3-6-21(17-20)19-31-25-8-4-7-22(18-25)26(29)28-15-13-27(14-16-28)23-9-11-24(30-2)12-10-23/h3-12,17-18H,13-16,19H2,1-2H3. The molecule has 0 bridgehead atoms. The molecule has 0 atom stereocenters. The maximum absolute atomic E-state index is 13.0. The van der Waals surface area contributed by atoms with Crippen LogP contribution in [-0.2, 0) is 6.61 Å². The number of carbonyl (C=O) groups is 1. The highest BCUT2D eigenvalue weighted by molar-refractivity contribution is 5.94. The zero-order valence-corrected chi connectivity index (χ0v) is 18.1. The Morgan fingerprint density at radius 3 is 2.32 bits per heavy atom. The average Bonchev–Trinajstić information content (AvgIpc) is 2.83. The van der Waals surface area contributed by atoms with Crippen LogP contribution >= 0.6 is 0 Å². The summed E-state index contributed by atoms with van der Waals surface area (Å²) in [6, 6.07) is 23.8. The van der Waals surface area contributed by atoms with Gasteiger partial charge in [0.15, 0.2) is 0 Å². The van der Waals surface area contributed by atoms with Crippen LogP contribution in [0.3, 0.4) is 0 Å². The molecular formula is C26H28N2O3. The molecule has 0 aromatic heterocycles. The fraction of sp³-hybridized carbons (Fsp3) is 0.269. The summed E-state index contributed by atoms with van der Waals surface area (Å²) >= 11 is 0. The molecule has 1 heterocycles. The van der Waals surface area contributed by atoms with Crippen LogP contribution in [0.15, 0.2) is 72.8 Å². The Labute approximate surface area is 183 Å². The summed E-state index contributed by atoms with van der Waals surface area (Å²) in [5.41, 5.74) is 4.14. The van der Waals surface area contributed by atoms with Gasteiger partial charge in [0.2, 0.25) is 0 Å². The molecule has 0 unspecified atom stereocenters. The molecule has 3 aromatic rings. The minimum atomic E-state index is 0.0513. The topological polar surface area (TPSA) is 42.0 Å². The Hall–Kier alpha value is -3.47. The number of hydrogen-bond donors (Lipinski definition) is 0. The third-order valence-electron chi connectivity index (χ3n) is 5.57. The van der Waals surface area contributed by atoms with E-state index in [4.69, 9.17) is 9.47 Å². The van der Waals surface area contributed by atoms with Crippen LogP contribution < -0.4 is 14.4 Å². The molecule has 0 saturated carbocycles. The van der Waals surface area contributed by atoms with Crippen molar-refractivity contribution in [1.29, 1.82) is 0 Å². The number of piperazine rings is 1. The Bertz CT molecular complexity index is 1020. The number of benzene rings is 3. The smallest absolute Gasteiger partial charge is 0.254 e. The van der Waals surface area contributed by atoms with E-state index in [-0.39, 0.29) is 5.91 Å². The molecule has 31 heavy (non-hydrogen) atoms. The lowest BCUT2D eigenvalue weighted by Crippen LogP contribution is -2.48. The van der Waals surface area contributed by atoms with Crippen molar-refractivity contribution in [2.24, 2.45) is 0 Å². The summed E-state index contributed by atoms with van der Waals surface area (Å²) in [5, 5.41) is 0. The summed E-state index contributed by atoms with van der Waals surface area (Å²) in [4.78, 5) is 17.2. The number of carbonyl (C=O) groups excluding carboxylic acids is 1. The van der Waals surface area contributed by atoms with Crippen LogP contribution in [0.4, 0.5) is 5.69 Å². The first-order valence-corrected chi connectivity index (χ1v) is 10.6. The number of rotatable bonds is 6. The number of methoxy groups -OCH3 is 1. The van der Waals surface area contributed by atoms with E-state index in [1.54, 1.807) is 7.11 Å². The molecule has 0 radical (unpaired) electrons. The Kier molecular flexibility index (Phi) is 6.41. The van der Waals surface area contributed by atoms with Gasteiger partial charge in [-0.3, -0.25) is 4.79 Å². The molecule has 0 spiro atoms. The van der Waals surface area contributed by atoms with E-state index < -0.39 is 0 Å². The highest BCUT2D eigenvalue weighted by atomic mass is 16.5. The molecule has 0 N–H and O–H groups in total. The van der Waals surface area contributed by atoms with Gasteiger partial charge in [0, 0.05) is 37.4 Å².